The lowest BCUT2D eigenvalue weighted by Gasteiger charge is -2.19. The molecule has 9 heteroatoms. The van der Waals surface area contributed by atoms with Crippen LogP contribution < -0.4 is 15.0 Å². The van der Waals surface area contributed by atoms with Crippen LogP contribution in [0.1, 0.15) is 23.5 Å². The van der Waals surface area contributed by atoms with Crippen LogP contribution in [-0.2, 0) is 4.79 Å². The highest BCUT2D eigenvalue weighted by Gasteiger charge is 2.23. The maximum absolute atomic E-state index is 12.6. The molecule has 0 saturated heterocycles. The van der Waals surface area contributed by atoms with E-state index in [2.05, 4.69) is 10.3 Å². The number of methoxy groups -OCH3 is 1. The number of quaternary nitrogens is 1. The number of ether oxygens (including phenoxy) is 1. The van der Waals surface area contributed by atoms with Crippen LogP contribution in [0, 0.1) is 17.0 Å². The number of nitrogens with zero attached hydrogens (tertiary/aromatic N) is 2. The van der Waals surface area contributed by atoms with Gasteiger partial charge < -0.3 is 15.0 Å². The second-order valence-electron chi connectivity index (χ2n) is 6.91. The molecule has 3 aromatic rings. The molecule has 2 aromatic carbocycles. The predicted molar refractivity (Wildman–Crippen MR) is 113 cm³/mol. The molecule has 0 saturated carbocycles. The zero-order valence-electron chi connectivity index (χ0n) is 16.7. The fraction of sp³-hybridized carbons (Fsp3) is 0.300. The van der Waals surface area contributed by atoms with Crippen molar-refractivity contribution in [3.8, 4) is 5.75 Å². The van der Waals surface area contributed by atoms with Gasteiger partial charge in [-0.25, -0.2) is 4.98 Å². The number of benzene rings is 2. The summed E-state index contributed by atoms with van der Waals surface area (Å²) in [6, 6.07) is 10.9. The number of rotatable bonds is 7. The normalized spacial score (nSPS) is 13.1. The highest BCUT2D eigenvalue weighted by Crippen LogP contribution is 2.32. The number of aromatic nitrogens is 1. The molecular weight excluding hydrogens is 392 g/mol. The Labute approximate surface area is 172 Å². The number of fused-ring (bicyclic) bond motifs is 1. The molecule has 0 aliphatic heterocycles. The number of nitrogens with one attached hydrogen (secondary N) is 2. The van der Waals surface area contributed by atoms with Crippen LogP contribution in [0.15, 0.2) is 36.4 Å². The van der Waals surface area contributed by atoms with Crippen molar-refractivity contribution in [2.75, 3.05) is 26.0 Å². The number of likely N-dealkylation sites (N-methyl/N-ethyl adjacent to an activating group) is 1. The summed E-state index contributed by atoms with van der Waals surface area (Å²) in [5.41, 5.74) is 1.93. The van der Waals surface area contributed by atoms with Crippen LogP contribution in [0.3, 0.4) is 0 Å². The maximum Gasteiger partial charge on any atom is 0.311 e. The molecule has 2 atom stereocenters. The molecular formula is C20H23N4O4S+. The van der Waals surface area contributed by atoms with E-state index in [0.717, 1.165) is 20.1 Å². The lowest BCUT2D eigenvalue weighted by atomic mass is 10.1. The minimum absolute atomic E-state index is 0.0469. The van der Waals surface area contributed by atoms with Gasteiger partial charge in [0, 0.05) is 17.8 Å². The molecule has 0 radical (unpaired) electrons. The Morgan fingerprint density at radius 1 is 1.38 bits per heavy atom. The van der Waals surface area contributed by atoms with E-state index < -0.39 is 4.92 Å². The molecule has 8 nitrogen and oxygen atoms in total. The number of para-hydroxylation sites is 1. The van der Waals surface area contributed by atoms with Crippen LogP contribution >= 0.6 is 11.3 Å². The zero-order valence-corrected chi connectivity index (χ0v) is 17.5. The van der Waals surface area contributed by atoms with Gasteiger partial charge in [0.05, 0.1) is 29.3 Å². The minimum Gasteiger partial charge on any atom is -0.490 e. The Balaban J connectivity index is 1.70. The van der Waals surface area contributed by atoms with Gasteiger partial charge in [0.1, 0.15) is 6.04 Å². The van der Waals surface area contributed by atoms with E-state index in [1.165, 1.54) is 19.2 Å². The molecule has 1 amide bonds. The van der Waals surface area contributed by atoms with Crippen molar-refractivity contribution in [3.05, 3.63) is 57.1 Å². The Hall–Kier alpha value is -3.04. The number of nitro benzene ring substituents is 1. The first-order valence-electron chi connectivity index (χ1n) is 9.10. The maximum atomic E-state index is 12.6. The van der Waals surface area contributed by atoms with Gasteiger partial charge in [-0.1, -0.05) is 12.1 Å². The van der Waals surface area contributed by atoms with Gasteiger partial charge in [0.2, 0.25) is 0 Å². The average molecular weight is 415 g/mol. The van der Waals surface area contributed by atoms with Gasteiger partial charge >= 0.3 is 5.69 Å². The van der Waals surface area contributed by atoms with Crippen molar-refractivity contribution < 1.29 is 19.4 Å². The Bertz CT molecular complexity index is 1030. The fourth-order valence-corrected chi connectivity index (χ4v) is 4.11. The topological polar surface area (TPSA) is 98.8 Å². The van der Waals surface area contributed by atoms with Gasteiger partial charge in [0.15, 0.2) is 17.3 Å². The van der Waals surface area contributed by atoms with Crippen molar-refractivity contribution in [2.24, 2.45) is 0 Å². The highest BCUT2D eigenvalue weighted by atomic mass is 32.1. The summed E-state index contributed by atoms with van der Waals surface area (Å²) in [7, 11) is 3.31. The number of amides is 1. The SMILES string of the molecule is COc1cc(NC(=O)C[NH+](C)[C@@H](C)c2nc3ccccc3s2)c(C)cc1[N+](=O)[O-]. The van der Waals surface area contributed by atoms with Crippen molar-refractivity contribution in [3.63, 3.8) is 0 Å². The third-order valence-electron chi connectivity index (χ3n) is 4.86. The minimum atomic E-state index is -0.505. The number of carbonyl (C=O) groups is 1. The largest absolute Gasteiger partial charge is 0.490 e. The van der Waals surface area contributed by atoms with E-state index in [0.29, 0.717) is 11.3 Å². The van der Waals surface area contributed by atoms with Crippen LogP contribution in [0.4, 0.5) is 11.4 Å². The van der Waals surface area contributed by atoms with Gasteiger partial charge in [-0.3, -0.25) is 14.9 Å². The summed E-state index contributed by atoms with van der Waals surface area (Å²) in [6.45, 7) is 3.98. The first-order chi connectivity index (χ1) is 13.8. The van der Waals surface area contributed by atoms with Crippen LogP contribution in [-0.4, -0.2) is 36.5 Å². The first-order valence-corrected chi connectivity index (χ1v) is 9.92. The van der Waals surface area contributed by atoms with Gasteiger partial charge in [-0.2, -0.15) is 0 Å². The molecule has 29 heavy (non-hydrogen) atoms. The molecule has 0 aliphatic carbocycles. The van der Waals surface area contributed by atoms with Crippen LogP contribution in [0.2, 0.25) is 0 Å². The highest BCUT2D eigenvalue weighted by molar-refractivity contribution is 7.18. The van der Waals surface area contributed by atoms with Crippen molar-refractivity contribution in [1.29, 1.82) is 0 Å². The van der Waals surface area contributed by atoms with Gasteiger partial charge in [-0.15, -0.1) is 11.3 Å². The molecule has 2 N–H and O–H groups in total. The fourth-order valence-electron chi connectivity index (χ4n) is 3.00. The number of hydrogen-bond donors (Lipinski definition) is 2. The van der Waals surface area contributed by atoms with E-state index in [1.807, 2.05) is 38.2 Å². The van der Waals surface area contributed by atoms with E-state index in [4.69, 9.17) is 4.74 Å². The Kier molecular flexibility index (Phi) is 6.09. The smallest absolute Gasteiger partial charge is 0.311 e. The van der Waals surface area contributed by atoms with Crippen molar-refractivity contribution >= 4 is 38.8 Å². The first kappa shape index (κ1) is 20.7. The summed E-state index contributed by atoms with van der Waals surface area (Å²) < 4.78 is 6.21. The van der Waals surface area contributed by atoms with E-state index in [9.17, 15) is 14.9 Å². The quantitative estimate of drug-likeness (QED) is 0.457. The molecule has 0 aliphatic rings. The molecule has 1 unspecified atom stereocenters. The van der Waals surface area contributed by atoms with Crippen molar-refractivity contribution in [2.45, 2.75) is 19.9 Å². The number of hydrogen-bond acceptors (Lipinski definition) is 6. The molecule has 0 spiro atoms. The monoisotopic (exact) mass is 415 g/mol. The van der Waals surface area contributed by atoms with Crippen molar-refractivity contribution in [1.82, 2.24) is 4.98 Å². The molecule has 3 rings (SSSR count). The molecule has 1 aromatic heterocycles. The Morgan fingerprint density at radius 2 is 2.10 bits per heavy atom. The van der Waals surface area contributed by atoms with E-state index >= 15 is 0 Å². The molecule has 0 bridgehead atoms. The summed E-state index contributed by atoms with van der Waals surface area (Å²) in [6.07, 6.45) is 0. The molecule has 1 heterocycles. The van der Waals surface area contributed by atoms with Crippen LogP contribution in [0.5, 0.6) is 5.75 Å². The summed E-state index contributed by atoms with van der Waals surface area (Å²) >= 11 is 1.63. The average Bonchev–Trinajstić information content (AvgIpc) is 3.12. The standard InChI is InChI=1S/C20H22N4O4S/c1-12-9-16(24(26)27)17(28-4)10-15(12)21-19(25)11-23(3)13(2)20-22-14-7-5-6-8-18(14)29-20/h5-10,13H,11H2,1-4H3,(H,21,25)/p+1/t13-/m0/s1. The number of nitro groups is 1. The van der Waals surface area contributed by atoms with E-state index in [-0.39, 0.29) is 29.9 Å². The van der Waals surface area contributed by atoms with Gasteiger partial charge in [-0.05, 0) is 31.5 Å². The lowest BCUT2D eigenvalue weighted by Crippen LogP contribution is -3.10. The predicted octanol–water partition coefficient (Wildman–Crippen LogP) is 2.74. The molecule has 0 fully saturated rings. The third kappa shape index (κ3) is 4.52. The third-order valence-corrected chi connectivity index (χ3v) is 6.08. The number of anilines is 1. The van der Waals surface area contributed by atoms with E-state index in [1.54, 1.807) is 18.3 Å². The Morgan fingerprint density at radius 3 is 2.76 bits per heavy atom. The number of aryl methyl sites for hydroxylation is 1. The summed E-state index contributed by atoms with van der Waals surface area (Å²) in [5, 5.41) is 14.9. The van der Waals surface area contributed by atoms with Gasteiger partial charge in [0.25, 0.3) is 5.91 Å². The summed E-state index contributed by atoms with van der Waals surface area (Å²) in [5.74, 6) is -0.0751. The van der Waals surface area contributed by atoms with Crippen LogP contribution in [0.25, 0.3) is 10.2 Å². The summed E-state index contributed by atoms with van der Waals surface area (Å²) in [4.78, 5) is 28.9. The number of thiazole rings is 1. The zero-order chi connectivity index (χ0) is 21.1. The second-order valence-corrected chi connectivity index (χ2v) is 7.97. The molecule has 152 valence electrons. The lowest BCUT2D eigenvalue weighted by molar-refractivity contribution is -0.902. The number of carbonyl (C=O) groups excluding carboxylic acids is 1. The second kappa shape index (κ2) is 8.54.